The van der Waals surface area contributed by atoms with Crippen LogP contribution in [0.4, 0.5) is 0 Å². The highest BCUT2D eigenvalue weighted by atomic mass is 35.5. The zero-order valence-electron chi connectivity index (χ0n) is 12.1. The van der Waals surface area contributed by atoms with Crippen LogP contribution in [0, 0.1) is 6.92 Å². The molecule has 4 nitrogen and oxygen atoms in total. The van der Waals surface area contributed by atoms with Crippen LogP contribution in [0.5, 0.6) is 11.5 Å². The van der Waals surface area contributed by atoms with E-state index in [4.69, 9.17) is 25.5 Å². The molecule has 0 spiro atoms. The second kappa shape index (κ2) is 6.00. The van der Waals surface area contributed by atoms with Crippen LogP contribution >= 0.6 is 11.6 Å². The predicted molar refractivity (Wildman–Crippen MR) is 81.4 cm³/mol. The largest absolute Gasteiger partial charge is 0.490 e. The van der Waals surface area contributed by atoms with Gasteiger partial charge in [-0.15, -0.1) is 0 Å². The number of hydrogen-bond acceptors (Lipinski definition) is 4. The lowest BCUT2D eigenvalue weighted by atomic mass is 9.99. The molecular weight excluding hydrogens is 290 g/mol. The summed E-state index contributed by atoms with van der Waals surface area (Å²) >= 11 is 6.45. The fourth-order valence-electron chi connectivity index (χ4n) is 2.59. The van der Waals surface area contributed by atoms with E-state index in [9.17, 15) is 0 Å². The number of benzene rings is 1. The van der Waals surface area contributed by atoms with Crippen molar-refractivity contribution in [1.82, 2.24) is 5.32 Å². The maximum absolute atomic E-state index is 6.45. The maximum atomic E-state index is 6.45. The summed E-state index contributed by atoms with van der Waals surface area (Å²) in [6.45, 7) is 3.25. The van der Waals surface area contributed by atoms with E-state index in [0.717, 1.165) is 29.1 Å². The number of furan rings is 1. The molecule has 0 fully saturated rings. The standard InChI is InChI=1S/C16H18ClNO3/c1-10-11(4-7-19-10)16(18-2)12-8-14-15(9-13(12)17)21-6-3-5-20-14/h4,7-9,16,18H,3,5-6H2,1-2H3. The van der Waals surface area contributed by atoms with Gasteiger partial charge in [0.2, 0.25) is 0 Å². The van der Waals surface area contributed by atoms with Crippen molar-refractivity contribution in [2.75, 3.05) is 20.3 Å². The van der Waals surface area contributed by atoms with Crippen LogP contribution < -0.4 is 14.8 Å². The molecule has 0 amide bonds. The summed E-state index contributed by atoms with van der Waals surface area (Å²) in [5, 5.41) is 3.94. The number of rotatable bonds is 3. The van der Waals surface area contributed by atoms with Gasteiger partial charge in [0, 0.05) is 23.1 Å². The first-order valence-electron chi connectivity index (χ1n) is 7.01. The summed E-state index contributed by atoms with van der Waals surface area (Å²) in [7, 11) is 1.90. The lowest BCUT2D eigenvalue weighted by molar-refractivity contribution is 0.297. The van der Waals surface area contributed by atoms with Gasteiger partial charge in [0.1, 0.15) is 5.76 Å². The van der Waals surface area contributed by atoms with Gasteiger partial charge in [0.25, 0.3) is 0 Å². The number of ether oxygens (including phenoxy) is 2. The maximum Gasteiger partial charge on any atom is 0.162 e. The lowest BCUT2D eigenvalue weighted by Crippen LogP contribution is -2.18. The van der Waals surface area contributed by atoms with Gasteiger partial charge in [0.15, 0.2) is 11.5 Å². The van der Waals surface area contributed by atoms with Crippen LogP contribution in [0.3, 0.4) is 0 Å². The average Bonchev–Trinajstić information content (AvgIpc) is 2.76. The Morgan fingerprint density at radius 1 is 1.14 bits per heavy atom. The summed E-state index contributed by atoms with van der Waals surface area (Å²) in [6, 6.07) is 5.69. The van der Waals surface area contributed by atoms with Crippen LogP contribution in [0.1, 0.15) is 29.3 Å². The quantitative estimate of drug-likeness (QED) is 0.938. The van der Waals surface area contributed by atoms with E-state index in [2.05, 4.69) is 5.32 Å². The number of aryl methyl sites for hydroxylation is 1. The van der Waals surface area contributed by atoms with Crippen molar-refractivity contribution < 1.29 is 13.9 Å². The Bertz CT molecular complexity index is 638. The molecule has 1 N–H and O–H groups in total. The number of nitrogens with one attached hydrogen (secondary N) is 1. The smallest absolute Gasteiger partial charge is 0.162 e. The van der Waals surface area contributed by atoms with Gasteiger partial charge in [-0.3, -0.25) is 0 Å². The first kappa shape index (κ1) is 14.3. The Balaban J connectivity index is 2.04. The van der Waals surface area contributed by atoms with Gasteiger partial charge < -0.3 is 19.2 Å². The molecule has 21 heavy (non-hydrogen) atoms. The van der Waals surface area contributed by atoms with Crippen molar-refractivity contribution in [2.45, 2.75) is 19.4 Å². The van der Waals surface area contributed by atoms with Crippen molar-refractivity contribution in [3.63, 3.8) is 0 Å². The average molecular weight is 308 g/mol. The van der Waals surface area contributed by atoms with E-state index in [0.29, 0.717) is 24.0 Å². The summed E-state index contributed by atoms with van der Waals surface area (Å²) in [5.74, 6) is 2.32. The van der Waals surface area contributed by atoms with Gasteiger partial charge in [-0.2, -0.15) is 0 Å². The molecule has 112 valence electrons. The topological polar surface area (TPSA) is 43.6 Å². The first-order chi connectivity index (χ1) is 10.2. The highest BCUT2D eigenvalue weighted by Gasteiger charge is 2.22. The molecule has 0 saturated carbocycles. The zero-order chi connectivity index (χ0) is 14.8. The van der Waals surface area contributed by atoms with E-state index >= 15 is 0 Å². The van der Waals surface area contributed by atoms with Crippen molar-refractivity contribution >= 4 is 11.6 Å². The second-order valence-corrected chi connectivity index (χ2v) is 5.43. The molecule has 0 aliphatic carbocycles. The van der Waals surface area contributed by atoms with Gasteiger partial charge in [-0.05, 0) is 31.7 Å². The van der Waals surface area contributed by atoms with Gasteiger partial charge in [-0.1, -0.05) is 11.6 Å². The predicted octanol–water partition coefficient (Wildman–Crippen LogP) is 3.71. The Morgan fingerprint density at radius 3 is 2.48 bits per heavy atom. The van der Waals surface area contributed by atoms with E-state index in [1.165, 1.54) is 0 Å². The fraction of sp³-hybridized carbons (Fsp3) is 0.375. The van der Waals surface area contributed by atoms with Crippen LogP contribution in [0.2, 0.25) is 5.02 Å². The Labute approximate surface area is 129 Å². The molecule has 0 radical (unpaired) electrons. The van der Waals surface area contributed by atoms with Gasteiger partial charge >= 0.3 is 0 Å². The molecule has 1 aromatic heterocycles. The van der Waals surface area contributed by atoms with E-state index in [1.807, 2.05) is 32.2 Å². The zero-order valence-corrected chi connectivity index (χ0v) is 12.9. The summed E-state index contributed by atoms with van der Waals surface area (Å²) < 4.78 is 16.8. The van der Waals surface area contributed by atoms with Gasteiger partial charge in [-0.25, -0.2) is 0 Å². The van der Waals surface area contributed by atoms with E-state index in [1.54, 1.807) is 6.26 Å². The minimum atomic E-state index is -0.0478. The Kier molecular flexibility index (Phi) is 4.08. The van der Waals surface area contributed by atoms with E-state index < -0.39 is 0 Å². The summed E-state index contributed by atoms with van der Waals surface area (Å²) in [4.78, 5) is 0. The number of halogens is 1. The highest BCUT2D eigenvalue weighted by Crippen LogP contribution is 2.39. The SMILES string of the molecule is CNC(c1cc2c(cc1Cl)OCCCO2)c1ccoc1C. The monoisotopic (exact) mass is 307 g/mol. The molecule has 1 aliphatic heterocycles. The first-order valence-corrected chi connectivity index (χ1v) is 7.39. The molecule has 1 aromatic carbocycles. The fourth-order valence-corrected chi connectivity index (χ4v) is 2.86. The van der Waals surface area contributed by atoms with Crippen LogP contribution in [0.15, 0.2) is 28.9 Å². The molecule has 0 bridgehead atoms. The number of hydrogen-bond donors (Lipinski definition) is 1. The second-order valence-electron chi connectivity index (χ2n) is 5.02. The lowest BCUT2D eigenvalue weighted by Gasteiger charge is -2.19. The molecule has 1 aliphatic rings. The molecule has 3 rings (SSSR count). The van der Waals surface area contributed by atoms with Crippen LogP contribution in [0.25, 0.3) is 0 Å². The Morgan fingerprint density at radius 2 is 1.86 bits per heavy atom. The van der Waals surface area contributed by atoms with Crippen molar-refractivity contribution in [1.29, 1.82) is 0 Å². The van der Waals surface area contributed by atoms with Crippen molar-refractivity contribution in [3.8, 4) is 11.5 Å². The molecule has 0 saturated heterocycles. The summed E-state index contributed by atoms with van der Waals surface area (Å²) in [6.07, 6.45) is 2.56. The molecule has 2 aromatic rings. The molecular formula is C16H18ClNO3. The molecule has 1 atom stereocenters. The van der Waals surface area contributed by atoms with Crippen molar-refractivity contribution in [3.05, 3.63) is 46.4 Å². The molecule has 1 unspecified atom stereocenters. The third-order valence-electron chi connectivity index (χ3n) is 3.68. The van der Waals surface area contributed by atoms with E-state index in [-0.39, 0.29) is 6.04 Å². The third-order valence-corrected chi connectivity index (χ3v) is 4.00. The highest BCUT2D eigenvalue weighted by molar-refractivity contribution is 6.31. The van der Waals surface area contributed by atoms with Crippen LogP contribution in [-0.4, -0.2) is 20.3 Å². The number of fused-ring (bicyclic) bond motifs is 1. The Hall–Kier alpha value is -1.65. The third kappa shape index (κ3) is 2.74. The minimum Gasteiger partial charge on any atom is -0.490 e. The normalized spacial score (nSPS) is 15.6. The van der Waals surface area contributed by atoms with Gasteiger partial charge in [0.05, 0.1) is 25.5 Å². The van der Waals surface area contributed by atoms with Crippen LogP contribution in [-0.2, 0) is 0 Å². The minimum absolute atomic E-state index is 0.0478. The molecule has 2 heterocycles. The van der Waals surface area contributed by atoms with Crippen molar-refractivity contribution in [2.24, 2.45) is 0 Å². The summed E-state index contributed by atoms with van der Waals surface area (Å²) in [5.41, 5.74) is 2.02. The molecule has 5 heteroatoms.